The number of rotatable bonds is 7. The van der Waals surface area contributed by atoms with Crippen molar-refractivity contribution >= 4 is 27.5 Å². The highest BCUT2D eigenvalue weighted by molar-refractivity contribution is 7.89. The number of hydrogen-bond donors (Lipinski definition) is 2. The van der Waals surface area contributed by atoms with Gasteiger partial charge in [0.2, 0.25) is 21.8 Å². The first-order valence-corrected chi connectivity index (χ1v) is 9.46. The van der Waals surface area contributed by atoms with Gasteiger partial charge in [-0.15, -0.1) is 10.2 Å². The first kappa shape index (κ1) is 18.9. The Bertz CT molecular complexity index is 1050. The fourth-order valence-corrected chi connectivity index (χ4v) is 3.21. The van der Waals surface area contributed by atoms with Gasteiger partial charge in [0.1, 0.15) is 6.54 Å². The molecule has 0 radical (unpaired) electrons. The van der Waals surface area contributed by atoms with Crippen LogP contribution in [0, 0.1) is 0 Å². The van der Waals surface area contributed by atoms with Crippen LogP contribution in [0.25, 0.3) is 11.4 Å². The lowest BCUT2D eigenvalue weighted by Gasteiger charge is -2.05. The normalized spacial score (nSPS) is 11.4. The van der Waals surface area contributed by atoms with E-state index in [9.17, 15) is 13.2 Å². The van der Waals surface area contributed by atoms with Crippen LogP contribution in [0.2, 0.25) is 5.02 Å². The van der Waals surface area contributed by atoms with Crippen molar-refractivity contribution in [3.05, 3.63) is 53.3 Å². The summed E-state index contributed by atoms with van der Waals surface area (Å²) in [5.74, 6) is -0.441. The number of nitrogens with two attached hydrogens (primary N) is 1. The Morgan fingerprint density at radius 3 is 2.56 bits per heavy atom. The molecule has 3 rings (SSSR count). The smallest absolute Gasteiger partial charge is 0.241 e. The molecule has 3 N–H and O–H groups in total. The van der Waals surface area contributed by atoms with Crippen molar-refractivity contribution in [2.45, 2.75) is 11.4 Å². The number of tetrazole rings is 1. The molecule has 0 saturated carbocycles. The van der Waals surface area contributed by atoms with E-state index in [-0.39, 0.29) is 4.90 Å². The molecule has 3 aromatic rings. The Morgan fingerprint density at radius 1 is 1.19 bits per heavy atom. The van der Waals surface area contributed by atoms with Gasteiger partial charge in [-0.05, 0) is 41.6 Å². The quantitative estimate of drug-likeness (QED) is 0.568. The molecular weight excluding hydrogens is 394 g/mol. The number of nitrogens with one attached hydrogen (secondary N) is 1. The molecule has 140 valence electrons. The summed E-state index contributed by atoms with van der Waals surface area (Å²) in [6, 6.07) is 9.30. The van der Waals surface area contributed by atoms with Gasteiger partial charge in [-0.3, -0.25) is 9.78 Å². The molecule has 0 bridgehead atoms. The molecule has 2 heterocycles. The van der Waals surface area contributed by atoms with Gasteiger partial charge in [0, 0.05) is 11.8 Å². The van der Waals surface area contributed by atoms with Gasteiger partial charge in [0.05, 0.1) is 22.2 Å². The topological polar surface area (TPSA) is 146 Å². The summed E-state index contributed by atoms with van der Waals surface area (Å²) < 4.78 is 26.2. The van der Waals surface area contributed by atoms with Crippen molar-refractivity contribution in [2.24, 2.45) is 5.73 Å². The zero-order valence-corrected chi connectivity index (χ0v) is 15.4. The van der Waals surface area contributed by atoms with E-state index in [1.807, 2.05) is 0 Å². The van der Waals surface area contributed by atoms with Crippen molar-refractivity contribution in [1.82, 2.24) is 29.9 Å². The lowest BCUT2D eigenvalue weighted by Crippen LogP contribution is -2.33. The number of hydrogen-bond acceptors (Lipinski definition) is 7. The summed E-state index contributed by atoms with van der Waals surface area (Å²) >= 11 is 5.80. The zero-order valence-electron chi connectivity index (χ0n) is 13.8. The number of sulfonamides is 1. The molecule has 0 aliphatic heterocycles. The second kappa shape index (κ2) is 7.78. The average molecular weight is 408 g/mol. The van der Waals surface area contributed by atoms with Gasteiger partial charge in [-0.2, -0.15) is 4.80 Å². The van der Waals surface area contributed by atoms with E-state index < -0.39 is 22.5 Å². The molecular formula is C15H14ClN7O3S. The molecule has 2 aromatic heterocycles. The third-order valence-corrected chi connectivity index (χ3v) is 5.04. The molecule has 1 aromatic carbocycles. The van der Waals surface area contributed by atoms with Gasteiger partial charge < -0.3 is 5.73 Å². The van der Waals surface area contributed by atoms with Crippen LogP contribution in [0.15, 0.2) is 47.5 Å². The predicted octanol–water partition coefficient (Wildman–Crippen LogP) is 0.200. The summed E-state index contributed by atoms with van der Waals surface area (Å²) in [7, 11) is -3.82. The van der Waals surface area contributed by atoms with Crippen LogP contribution in [-0.4, -0.2) is 46.1 Å². The highest BCUT2D eigenvalue weighted by Gasteiger charge is 2.15. The van der Waals surface area contributed by atoms with Crippen LogP contribution in [-0.2, 0) is 21.4 Å². The number of benzene rings is 1. The van der Waals surface area contributed by atoms with Crippen molar-refractivity contribution < 1.29 is 13.2 Å². The average Bonchev–Trinajstić information content (AvgIpc) is 3.11. The number of aromatic nitrogens is 5. The molecule has 10 nitrogen and oxygen atoms in total. The molecule has 0 aliphatic rings. The number of primary amides is 1. The van der Waals surface area contributed by atoms with Crippen LogP contribution in [0.3, 0.4) is 0 Å². The molecule has 0 fully saturated rings. The minimum atomic E-state index is -3.82. The molecule has 0 spiro atoms. The van der Waals surface area contributed by atoms with Gasteiger partial charge in [-0.25, -0.2) is 13.1 Å². The Balaban J connectivity index is 1.73. The number of carbonyl (C=O) groups is 1. The first-order chi connectivity index (χ1) is 12.8. The number of nitrogens with zero attached hydrogens (tertiary/aromatic N) is 5. The maximum atomic E-state index is 12.0. The molecule has 27 heavy (non-hydrogen) atoms. The lowest BCUT2D eigenvalue weighted by molar-refractivity contribution is -0.116. The number of halogens is 1. The summed E-state index contributed by atoms with van der Waals surface area (Å²) in [6.45, 7) is -0.160. The van der Waals surface area contributed by atoms with E-state index in [1.54, 1.807) is 24.3 Å². The molecule has 12 heteroatoms. The second-order valence-corrected chi connectivity index (χ2v) is 7.63. The SMILES string of the molecule is NC(=O)CNS(=O)(=O)c1ccc(-c2nnn(Cc3ccc(Cl)cn3)n2)cc1. The van der Waals surface area contributed by atoms with Crippen molar-refractivity contribution in [3.8, 4) is 11.4 Å². The van der Waals surface area contributed by atoms with Crippen LogP contribution >= 0.6 is 11.6 Å². The van der Waals surface area contributed by atoms with Gasteiger partial charge in [0.15, 0.2) is 0 Å². The highest BCUT2D eigenvalue weighted by atomic mass is 35.5. The van der Waals surface area contributed by atoms with Crippen molar-refractivity contribution in [1.29, 1.82) is 0 Å². The summed E-state index contributed by atoms with van der Waals surface area (Å²) in [4.78, 5) is 16.2. The largest absolute Gasteiger partial charge is 0.369 e. The third-order valence-electron chi connectivity index (χ3n) is 3.40. The number of carbonyl (C=O) groups excluding carboxylic acids is 1. The van der Waals surface area contributed by atoms with E-state index in [0.717, 1.165) is 0 Å². The fourth-order valence-electron chi connectivity index (χ4n) is 2.10. The van der Waals surface area contributed by atoms with Crippen LogP contribution in [0.4, 0.5) is 0 Å². The summed E-state index contributed by atoms with van der Waals surface area (Å²) in [5, 5.41) is 12.7. The van der Waals surface area contributed by atoms with Gasteiger partial charge in [0.25, 0.3) is 0 Å². The van der Waals surface area contributed by atoms with E-state index in [1.165, 1.54) is 23.1 Å². The van der Waals surface area contributed by atoms with Crippen LogP contribution in [0.5, 0.6) is 0 Å². The Kier molecular flexibility index (Phi) is 5.44. The van der Waals surface area contributed by atoms with E-state index in [0.29, 0.717) is 28.6 Å². The Labute approximate surface area is 159 Å². The first-order valence-electron chi connectivity index (χ1n) is 7.60. The van der Waals surface area contributed by atoms with E-state index in [4.69, 9.17) is 17.3 Å². The standard InChI is InChI=1S/C15H14ClN7O3S/c16-11-3-4-12(18-7-11)9-23-21-15(20-22-23)10-1-5-13(6-2-10)27(25,26)19-8-14(17)24/h1-7,19H,8-9H2,(H2,17,24). The van der Waals surface area contributed by atoms with Gasteiger partial charge in [-0.1, -0.05) is 11.6 Å². The number of amides is 1. The second-order valence-electron chi connectivity index (χ2n) is 5.43. The fraction of sp³-hybridized carbons (Fsp3) is 0.133. The van der Waals surface area contributed by atoms with Crippen LogP contribution in [0.1, 0.15) is 5.69 Å². The monoisotopic (exact) mass is 407 g/mol. The zero-order chi connectivity index (χ0) is 19.4. The maximum Gasteiger partial charge on any atom is 0.241 e. The predicted molar refractivity (Wildman–Crippen MR) is 96.0 cm³/mol. The number of pyridine rings is 1. The van der Waals surface area contributed by atoms with Crippen LogP contribution < -0.4 is 10.5 Å². The molecule has 0 saturated heterocycles. The Hall–Kier alpha value is -2.89. The maximum absolute atomic E-state index is 12.0. The molecule has 0 unspecified atom stereocenters. The molecule has 0 atom stereocenters. The minimum absolute atomic E-state index is 0.00902. The Morgan fingerprint density at radius 2 is 1.93 bits per heavy atom. The molecule has 1 amide bonds. The highest BCUT2D eigenvalue weighted by Crippen LogP contribution is 2.17. The van der Waals surface area contributed by atoms with E-state index in [2.05, 4.69) is 25.1 Å². The third kappa shape index (κ3) is 4.84. The van der Waals surface area contributed by atoms with Gasteiger partial charge >= 0.3 is 0 Å². The van der Waals surface area contributed by atoms with Crippen molar-refractivity contribution in [3.63, 3.8) is 0 Å². The lowest BCUT2D eigenvalue weighted by atomic mass is 10.2. The molecule has 0 aliphatic carbocycles. The van der Waals surface area contributed by atoms with E-state index >= 15 is 0 Å². The summed E-state index contributed by atoms with van der Waals surface area (Å²) in [5.41, 5.74) is 6.24. The summed E-state index contributed by atoms with van der Waals surface area (Å²) in [6.07, 6.45) is 1.53. The van der Waals surface area contributed by atoms with Crippen molar-refractivity contribution in [2.75, 3.05) is 6.54 Å². The minimum Gasteiger partial charge on any atom is -0.369 e.